The Hall–Kier alpha value is -1.31. The molecule has 0 amide bonds. The van der Waals surface area contributed by atoms with Crippen molar-refractivity contribution in [3.8, 4) is 0 Å². The summed E-state index contributed by atoms with van der Waals surface area (Å²) in [5.74, 6) is 0. The molecule has 0 spiro atoms. The van der Waals surface area contributed by atoms with Gasteiger partial charge in [-0.1, -0.05) is 52.8 Å². The molecule has 0 aromatic carbocycles. The van der Waals surface area contributed by atoms with Crippen molar-refractivity contribution >= 4 is 6.21 Å². The van der Waals surface area contributed by atoms with E-state index in [1.165, 1.54) is 6.42 Å². The van der Waals surface area contributed by atoms with Crippen LogP contribution in [0.15, 0.2) is 41.7 Å². The third kappa shape index (κ3) is 7.88. The van der Waals surface area contributed by atoms with Gasteiger partial charge in [0.25, 0.3) is 0 Å². The molecule has 0 saturated heterocycles. The van der Waals surface area contributed by atoms with Crippen LogP contribution in [-0.4, -0.2) is 17.3 Å². The fraction of sp³-hybridized carbons (Fsp3) is 0.562. The topological polar surface area (TPSA) is 15.6 Å². The van der Waals surface area contributed by atoms with Gasteiger partial charge in [-0.05, 0) is 26.0 Å². The van der Waals surface area contributed by atoms with Gasteiger partial charge in [-0.25, -0.2) is 0 Å². The molecular weight excluding hydrogens is 220 g/mol. The molecule has 0 saturated carbocycles. The van der Waals surface area contributed by atoms with E-state index in [2.05, 4.69) is 32.5 Å². The van der Waals surface area contributed by atoms with Gasteiger partial charge in [0.2, 0.25) is 0 Å². The molecule has 0 aliphatic carbocycles. The smallest absolute Gasteiger partial charge is 0.0591 e. The summed E-state index contributed by atoms with van der Waals surface area (Å²) >= 11 is 0. The molecule has 0 aromatic rings. The zero-order chi connectivity index (χ0) is 14.4. The molecule has 1 rings (SSSR count). The lowest BCUT2D eigenvalue weighted by Crippen LogP contribution is -2.21. The summed E-state index contributed by atoms with van der Waals surface area (Å²) in [4.78, 5) is 0. The van der Waals surface area contributed by atoms with Crippen LogP contribution in [-0.2, 0) is 0 Å². The lowest BCUT2D eigenvalue weighted by atomic mass is 10.2. The van der Waals surface area contributed by atoms with E-state index in [9.17, 15) is 0 Å². The number of rotatable bonds is 3. The first-order chi connectivity index (χ1) is 8.71. The summed E-state index contributed by atoms with van der Waals surface area (Å²) in [6.45, 7) is 16.2. The van der Waals surface area contributed by atoms with Crippen molar-refractivity contribution in [2.75, 3.05) is 0 Å². The molecule has 2 nitrogen and oxygen atoms in total. The predicted molar refractivity (Wildman–Crippen MR) is 84.8 cm³/mol. The molecule has 1 heterocycles. The summed E-state index contributed by atoms with van der Waals surface area (Å²) in [7, 11) is 0. The Labute approximate surface area is 114 Å². The molecule has 1 aliphatic rings. The second kappa shape index (κ2) is 13.8. The number of hydrazone groups is 1. The molecule has 0 N–H and O–H groups in total. The minimum Gasteiger partial charge on any atom is -0.263 e. The molecule has 0 radical (unpaired) electrons. The first-order valence-electron chi connectivity index (χ1n) is 6.98. The molecule has 1 atom stereocenters. The molecule has 104 valence electrons. The summed E-state index contributed by atoms with van der Waals surface area (Å²) in [6, 6.07) is 0.453. The van der Waals surface area contributed by atoms with E-state index in [0.717, 1.165) is 12.1 Å². The standard InChI is InChI=1S/C11H16N2.C3H8.C2H6/c1-4-6-7-11(5-2)13-10(3)8-9-12-13;1-3-2;1-2/h4-7,9-10H,2,8H2,1,3H3;3H2,1-2H3;1-2H3/b6-4-,11-7+;;. The molecular formula is C16H30N2. The van der Waals surface area contributed by atoms with Gasteiger partial charge < -0.3 is 0 Å². The zero-order valence-electron chi connectivity index (χ0n) is 13.0. The number of hydrogen-bond acceptors (Lipinski definition) is 2. The van der Waals surface area contributed by atoms with Crippen LogP contribution in [0.2, 0.25) is 0 Å². The van der Waals surface area contributed by atoms with Crippen molar-refractivity contribution < 1.29 is 0 Å². The first kappa shape index (κ1) is 19.0. The van der Waals surface area contributed by atoms with E-state index in [-0.39, 0.29) is 0 Å². The van der Waals surface area contributed by atoms with Crippen molar-refractivity contribution in [3.63, 3.8) is 0 Å². The Balaban J connectivity index is 0. The van der Waals surface area contributed by atoms with E-state index in [0.29, 0.717) is 6.04 Å². The lowest BCUT2D eigenvalue weighted by Gasteiger charge is -2.20. The summed E-state index contributed by atoms with van der Waals surface area (Å²) in [5, 5.41) is 6.27. The monoisotopic (exact) mass is 250 g/mol. The van der Waals surface area contributed by atoms with E-state index in [4.69, 9.17) is 0 Å². The largest absolute Gasteiger partial charge is 0.263 e. The van der Waals surface area contributed by atoms with E-state index < -0.39 is 0 Å². The highest BCUT2D eigenvalue weighted by molar-refractivity contribution is 5.60. The molecule has 18 heavy (non-hydrogen) atoms. The summed E-state index contributed by atoms with van der Waals surface area (Å²) in [6.07, 6.45) is 12.1. The van der Waals surface area contributed by atoms with E-state index in [1.807, 2.05) is 56.3 Å². The van der Waals surface area contributed by atoms with Crippen molar-refractivity contribution in [1.82, 2.24) is 5.01 Å². The van der Waals surface area contributed by atoms with Gasteiger partial charge in [-0.2, -0.15) is 5.10 Å². The number of hydrogen-bond donors (Lipinski definition) is 0. The molecule has 2 heteroatoms. The van der Waals surface area contributed by atoms with Crippen LogP contribution in [0.25, 0.3) is 0 Å². The third-order valence-corrected chi connectivity index (χ3v) is 2.00. The highest BCUT2D eigenvalue weighted by Gasteiger charge is 2.16. The normalized spacial score (nSPS) is 18.0. The lowest BCUT2D eigenvalue weighted by molar-refractivity contribution is 0.323. The summed E-state index contributed by atoms with van der Waals surface area (Å²) < 4.78 is 0. The minimum atomic E-state index is 0.453. The maximum absolute atomic E-state index is 4.28. The van der Waals surface area contributed by atoms with Gasteiger partial charge in [0.1, 0.15) is 0 Å². The quantitative estimate of drug-likeness (QED) is 0.632. The maximum Gasteiger partial charge on any atom is 0.0591 e. The third-order valence-electron chi connectivity index (χ3n) is 2.00. The predicted octanol–water partition coefficient (Wildman–Crippen LogP) is 5.15. The summed E-state index contributed by atoms with van der Waals surface area (Å²) in [5.41, 5.74) is 1.05. The van der Waals surface area contributed by atoms with Crippen LogP contribution < -0.4 is 0 Å². The van der Waals surface area contributed by atoms with Crippen LogP contribution in [0.3, 0.4) is 0 Å². The highest BCUT2D eigenvalue weighted by atomic mass is 15.5. The van der Waals surface area contributed by atoms with Gasteiger partial charge in [-0.3, -0.25) is 5.01 Å². The fourth-order valence-electron chi connectivity index (χ4n) is 1.26. The van der Waals surface area contributed by atoms with Crippen LogP contribution in [0.1, 0.15) is 54.4 Å². The van der Waals surface area contributed by atoms with Gasteiger partial charge in [0.05, 0.1) is 11.7 Å². The van der Waals surface area contributed by atoms with Gasteiger partial charge in [0, 0.05) is 12.6 Å². The second-order valence-electron chi connectivity index (χ2n) is 3.76. The highest BCUT2D eigenvalue weighted by Crippen LogP contribution is 2.17. The molecule has 1 aliphatic heterocycles. The van der Waals surface area contributed by atoms with E-state index in [1.54, 1.807) is 0 Å². The molecule has 0 fully saturated rings. The van der Waals surface area contributed by atoms with Gasteiger partial charge in [-0.15, -0.1) is 0 Å². The first-order valence-corrected chi connectivity index (χ1v) is 6.98. The Morgan fingerprint density at radius 2 is 2.00 bits per heavy atom. The average molecular weight is 250 g/mol. The van der Waals surface area contributed by atoms with Crippen LogP contribution in [0.4, 0.5) is 0 Å². The van der Waals surface area contributed by atoms with Crippen LogP contribution in [0, 0.1) is 0 Å². The van der Waals surface area contributed by atoms with Crippen molar-refractivity contribution in [2.24, 2.45) is 5.10 Å². The molecule has 1 unspecified atom stereocenters. The number of nitrogens with zero attached hydrogens (tertiary/aromatic N) is 2. The number of allylic oxidation sites excluding steroid dienone is 4. The Bertz CT molecular complexity index is 275. The zero-order valence-corrected chi connectivity index (χ0v) is 13.0. The average Bonchev–Trinajstić information content (AvgIpc) is 2.80. The SMILES string of the molecule is C=C/C(=C\C=C/C)N1N=CCC1C.CC.CCC. The van der Waals surface area contributed by atoms with Crippen molar-refractivity contribution in [3.05, 3.63) is 36.6 Å². The Morgan fingerprint density at radius 3 is 2.33 bits per heavy atom. The maximum atomic E-state index is 4.28. The Morgan fingerprint density at radius 1 is 1.44 bits per heavy atom. The molecule has 0 bridgehead atoms. The van der Waals surface area contributed by atoms with Gasteiger partial charge >= 0.3 is 0 Å². The van der Waals surface area contributed by atoms with Crippen LogP contribution >= 0.6 is 0 Å². The van der Waals surface area contributed by atoms with Crippen molar-refractivity contribution in [1.29, 1.82) is 0 Å². The van der Waals surface area contributed by atoms with Crippen molar-refractivity contribution in [2.45, 2.75) is 60.4 Å². The second-order valence-corrected chi connectivity index (χ2v) is 3.76. The Kier molecular flexibility index (Phi) is 14.5. The molecule has 0 aromatic heterocycles. The minimum absolute atomic E-state index is 0.453. The van der Waals surface area contributed by atoms with Gasteiger partial charge in [0.15, 0.2) is 0 Å². The fourth-order valence-corrected chi connectivity index (χ4v) is 1.26. The van der Waals surface area contributed by atoms with E-state index >= 15 is 0 Å². The van der Waals surface area contributed by atoms with Crippen LogP contribution in [0.5, 0.6) is 0 Å².